The Morgan fingerprint density at radius 1 is 1.35 bits per heavy atom. The van der Waals surface area contributed by atoms with Crippen LogP contribution in [0.1, 0.15) is 0 Å². The molecule has 0 amide bonds. The number of nitrogen functional groups attached to an aromatic ring is 1. The van der Waals surface area contributed by atoms with E-state index in [-0.39, 0.29) is 10.7 Å². The summed E-state index contributed by atoms with van der Waals surface area (Å²) in [6.45, 7) is 0. The fourth-order valence-corrected chi connectivity index (χ4v) is 3.43. The molecule has 0 fully saturated rings. The number of nitrogens with one attached hydrogen (secondary N) is 1. The zero-order chi connectivity index (χ0) is 12.2. The third-order valence-electron chi connectivity index (χ3n) is 2.88. The molecule has 0 unspecified atom stereocenters. The monoisotopic (exact) mass is 250 g/mol. The summed E-state index contributed by atoms with van der Waals surface area (Å²) >= 11 is 0. The van der Waals surface area contributed by atoms with Gasteiger partial charge >= 0.3 is 0 Å². The summed E-state index contributed by atoms with van der Waals surface area (Å²) in [6.07, 6.45) is 0. The van der Waals surface area contributed by atoms with Crippen LogP contribution in [0.2, 0.25) is 0 Å². The number of hydrogen-bond acceptors (Lipinski definition) is 4. The van der Waals surface area contributed by atoms with E-state index in [9.17, 15) is 8.42 Å². The number of aromatic amines is 1. The van der Waals surface area contributed by atoms with Crippen LogP contribution < -0.4 is 10.0 Å². The topological polar surface area (TPSA) is 92.1 Å². The van der Waals surface area contributed by atoms with Crippen molar-refractivity contribution in [1.82, 2.24) is 10.2 Å². The lowest BCUT2D eigenvalue weighted by molar-refractivity contribution is 0.594. The Bertz CT molecular complexity index is 705. The molecule has 1 aromatic heterocycles. The molecule has 7 heteroatoms. The molecule has 88 valence electrons. The summed E-state index contributed by atoms with van der Waals surface area (Å²) in [7, 11) is -2.10. The van der Waals surface area contributed by atoms with E-state index in [1.807, 2.05) is 12.1 Å². The van der Waals surface area contributed by atoms with Crippen LogP contribution in [-0.2, 0) is 10.0 Å². The minimum Gasteiger partial charge on any atom is -0.381 e. The van der Waals surface area contributed by atoms with Crippen molar-refractivity contribution in [3.8, 4) is 11.3 Å². The summed E-state index contributed by atoms with van der Waals surface area (Å²) in [5.74, 6) is 0.00125. The zero-order valence-electron chi connectivity index (χ0n) is 9.01. The molecule has 0 radical (unpaired) electrons. The van der Waals surface area contributed by atoms with Crippen molar-refractivity contribution < 1.29 is 8.42 Å². The molecule has 1 aliphatic heterocycles. The number of hydrogen-bond donors (Lipinski definition) is 2. The minimum absolute atomic E-state index is 0.00125. The Kier molecular flexibility index (Phi) is 1.80. The molecule has 2 aromatic rings. The number of anilines is 2. The van der Waals surface area contributed by atoms with Gasteiger partial charge in [-0.25, -0.2) is 8.42 Å². The normalized spacial score (nSPS) is 16.4. The number of nitrogens with zero attached hydrogens (tertiary/aromatic N) is 2. The first-order valence-corrected chi connectivity index (χ1v) is 6.39. The molecule has 17 heavy (non-hydrogen) atoms. The van der Waals surface area contributed by atoms with E-state index >= 15 is 0 Å². The largest absolute Gasteiger partial charge is 0.381 e. The van der Waals surface area contributed by atoms with E-state index in [1.54, 1.807) is 12.1 Å². The van der Waals surface area contributed by atoms with Crippen molar-refractivity contribution in [2.75, 3.05) is 17.1 Å². The van der Waals surface area contributed by atoms with Crippen LogP contribution in [0.3, 0.4) is 0 Å². The van der Waals surface area contributed by atoms with Crippen molar-refractivity contribution in [3.63, 3.8) is 0 Å². The second-order valence-electron chi connectivity index (χ2n) is 3.80. The number of rotatable bonds is 0. The SMILES string of the molecule is CN1c2ccccc2-c2[nH]nc(N)c2S1(=O)=O. The molecule has 6 nitrogen and oxygen atoms in total. The predicted octanol–water partition coefficient (Wildman–Crippen LogP) is 0.797. The zero-order valence-corrected chi connectivity index (χ0v) is 9.82. The number of aromatic nitrogens is 2. The van der Waals surface area contributed by atoms with Gasteiger partial charge in [-0.2, -0.15) is 5.10 Å². The van der Waals surface area contributed by atoms with Gasteiger partial charge in [-0.3, -0.25) is 9.40 Å². The van der Waals surface area contributed by atoms with Crippen LogP contribution in [-0.4, -0.2) is 25.7 Å². The van der Waals surface area contributed by atoms with Crippen molar-refractivity contribution in [3.05, 3.63) is 24.3 Å². The van der Waals surface area contributed by atoms with Crippen LogP contribution in [0.5, 0.6) is 0 Å². The highest BCUT2D eigenvalue weighted by molar-refractivity contribution is 7.93. The first-order chi connectivity index (χ1) is 8.03. The van der Waals surface area contributed by atoms with Gasteiger partial charge < -0.3 is 5.73 Å². The van der Waals surface area contributed by atoms with Crippen molar-refractivity contribution in [2.45, 2.75) is 4.90 Å². The van der Waals surface area contributed by atoms with Gasteiger partial charge in [-0.05, 0) is 6.07 Å². The molecule has 0 saturated heterocycles. The molecule has 0 aliphatic carbocycles. The van der Waals surface area contributed by atoms with Gasteiger partial charge in [0.1, 0.15) is 0 Å². The second kappa shape index (κ2) is 3.01. The average Bonchev–Trinajstić information content (AvgIpc) is 2.70. The molecule has 0 spiro atoms. The Balaban J connectivity index is 2.47. The quantitative estimate of drug-likeness (QED) is 0.723. The van der Waals surface area contributed by atoms with Gasteiger partial charge in [0, 0.05) is 12.6 Å². The number of H-pyrrole nitrogens is 1. The maximum Gasteiger partial charge on any atom is 0.270 e. The number of sulfonamides is 1. The van der Waals surface area contributed by atoms with Crippen LogP contribution >= 0.6 is 0 Å². The summed E-state index contributed by atoms with van der Waals surface area (Å²) in [5.41, 5.74) is 7.46. The lowest BCUT2D eigenvalue weighted by Crippen LogP contribution is -2.30. The van der Waals surface area contributed by atoms with Crippen molar-refractivity contribution in [1.29, 1.82) is 0 Å². The van der Waals surface area contributed by atoms with Gasteiger partial charge in [0.25, 0.3) is 10.0 Å². The first kappa shape index (κ1) is 10.2. The lowest BCUT2D eigenvalue weighted by Gasteiger charge is -2.26. The van der Waals surface area contributed by atoms with Gasteiger partial charge in [0.2, 0.25) is 0 Å². The molecular weight excluding hydrogens is 240 g/mol. The van der Waals surface area contributed by atoms with Gasteiger partial charge in [0.15, 0.2) is 10.7 Å². The molecule has 1 aliphatic rings. The maximum absolute atomic E-state index is 12.2. The lowest BCUT2D eigenvalue weighted by atomic mass is 10.1. The maximum atomic E-state index is 12.2. The van der Waals surface area contributed by atoms with Crippen molar-refractivity contribution >= 4 is 21.5 Å². The summed E-state index contributed by atoms with van der Waals surface area (Å²) in [6, 6.07) is 7.20. The minimum atomic E-state index is -3.61. The molecule has 0 atom stereocenters. The van der Waals surface area contributed by atoms with Crippen LogP contribution in [0.15, 0.2) is 29.2 Å². The van der Waals surface area contributed by atoms with Crippen LogP contribution in [0.4, 0.5) is 11.5 Å². The fraction of sp³-hybridized carbons (Fsp3) is 0.100. The molecule has 1 aromatic carbocycles. The summed E-state index contributed by atoms with van der Waals surface area (Å²) < 4.78 is 25.7. The van der Waals surface area contributed by atoms with Gasteiger partial charge in [-0.15, -0.1) is 0 Å². The molecule has 3 rings (SSSR count). The molecule has 0 saturated carbocycles. The highest BCUT2D eigenvalue weighted by atomic mass is 32.2. The Hall–Kier alpha value is -2.02. The van der Waals surface area contributed by atoms with Crippen LogP contribution in [0.25, 0.3) is 11.3 Å². The molecule has 2 heterocycles. The second-order valence-corrected chi connectivity index (χ2v) is 5.71. The van der Waals surface area contributed by atoms with E-state index in [0.717, 1.165) is 5.56 Å². The predicted molar refractivity (Wildman–Crippen MR) is 64.0 cm³/mol. The highest BCUT2D eigenvalue weighted by Crippen LogP contribution is 2.42. The number of fused-ring (bicyclic) bond motifs is 3. The molecule has 0 bridgehead atoms. The van der Waals surface area contributed by atoms with Crippen LogP contribution in [0, 0.1) is 0 Å². The number of para-hydroxylation sites is 1. The summed E-state index contributed by atoms with van der Waals surface area (Å²) in [5, 5.41) is 6.45. The van der Waals surface area contributed by atoms with E-state index in [4.69, 9.17) is 5.73 Å². The standard InChI is InChI=1S/C10H10N4O2S/c1-14-7-5-3-2-4-6(7)8-9(17(14,15)16)10(11)13-12-8/h2-5H,1H3,(H3,11,12,13). The number of benzene rings is 1. The Morgan fingerprint density at radius 3 is 2.82 bits per heavy atom. The summed E-state index contributed by atoms with van der Waals surface area (Å²) in [4.78, 5) is 0.0544. The van der Waals surface area contributed by atoms with E-state index in [1.165, 1.54) is 11.4 Å². The smallest absolute Gasteiger partial charge is 0.270 e. The van der Waals surface area contributed by atoms with E-state index in [2.05, 4.69) is 10.2 Å². The molecule has 3 N–H and O–H groups in total. The Labute approximate surface area is 98.1 Å². The number of nitrogens with two attached hydrogens (primary N) is 1. The molecular formula is C10H10N4O2S. The Morgan fingerprint density at radius 2 is 2.06 bits per heavy atom. The third-order valence-corrected chi connectivity index (χ3v) is 4.73. The van der Waals surface area contributed by atoms with Gasteiger partial charge in [-0.1, -0.05) is 18.2 Å². The van der Waals surface area contributed by atoms with E-state index < -0.39 is 10.0 Å². The van der Waals surface area contributed by atoms with Gasteiger partial charge in [0.05, 0.1) is 11.4 Å². The van der Waals surface area contributed by atoms with Crippen molar-refractivity contribution in [2.24, 2.45) is 0 Å². The third kappa shape index (κ3) is 1.14. The fourth-order valence-electron chi connectivity index (χ4n) is 2.02. The first-order valence-electron chi connectivity index (χ1n) is 4.95. The highest BCUT2D eigenvalue weighted by Gasteiger charge is 2.36. The van der Waals surface area contributed by atoms with E-state index in [0.29, 0.717) is 11.4 Å². The average molecular weight is 250 g/mol.